The molecule has 1 atom stereocenters. The normalized spacial score (nSPS) is 11.9. The van der Waals surface area contributed by atoms with Gasteiger partial charge in [-0.3, -0.25) is 0 Å². The summed E-state index contributed by atoms with van der Waals surface area (Å²) in [7, 11) is 0. The summed E-state index contributed by atoms with van der Waals surface area (Å²) in [4.78, 5) is 20.0. The molecular formula is C14H17N3O2S. The first-order chi connectivity index (χ1) is 9.70. The van der Waals surface area contributed by atoms with E-state index in [0.717, 1.165) is 17.4 Å². The Morgan fingerprint density at radius 1 is 1.45 bits per heavy atom. The van der Waals surface area contributed by atoms with Crippen molar-refractivity contribution in [1.29, 1.82) is 0 Å². The van der Waals surface area contributed by atoms with E-state index in [4.69, 9.17) is 4.74 Å². The number of thiazole rings is 1. The summed E-state index contributed by atoms with van der Waals surface area (Å²) >= 11 is 1.65. The molecule has 0 aliphatic heterocycles. The number of hydrogen-bond donors (Lipinski definition) is 1. The van der Waals surface area contributed by atoms with Crippen LogP contribution in [0.2, 0.25) is 0 Å². The van der Waals surface area contributed by atoms with Gasteiger partial charge in [-0.1, -0.05) is 6.92 Å². The number of nitrogens with zero attached hydrogens (tertiary/aromatic N) is 2. The van der Waals surface area contributed by atoms with Gasteiger partial charge in [0.2, 0.25) is 0 Å². The molecule has 0 bridgehead atoms. The summed E-state index contributed by atoms with van der Waals surface area (Å²) < 4.78 is 4.91. The van der Waals surface area contributed by atoms with Crippen molar-refractivity contribution < 1.29 is 9.53 Å². The van der Waals surface area contributed by atoms with E-state index in [0.29, 0.717) is 18.1 Å². The zero-order chi connectivity index (χ0) is 14.4. The van der Waals surface area contributed by atoms with Crippen molar-refractivity contribution in [3.63, 3.8) is 0 Å². The smallest absolute Gasteiger partial charge is 0.339 e. The molecule has 6 heteroatoms. The number of hydrogen-bond acceptors (Lipinski definition) is 6. The van der Waals surface area contributed by atoms with Crippen LogP contribution < -0.4 is 5.32 Å². The predicted molar refractivity (Wildman–Crippen MR) is 79.2 cm³/mol. The van der Waals surface area contributed by atoms with Gasteiger partial charge in [-0.25, -0.2) is 14.8 Å². The molecule has 20 heavy (non-hydrogen) atoms. The Balaban J connectivity index is 1.89. The summed E-state index contributed by atoms with van der Waals surface area (Å²) in [6.45, 7) is 5.00. The van der Waals surface area contributed by atoms with Crippen LogP contribution >= 0.6 is 11.3 Å². The lowest BCUT2D eigenvalue weighted by Gasteiger charge is -2.10. The van der Waals surface area contributed by atoms with E-state index in [1.165, 1.54) is 6.20 Å². The molecule has 0 radical (unpaired) electrons. The average molecular weight is 291 g/mol. The number of carbonyl (C=O) groups is 1. The summed E-state index contributed by atoms with van der Waals surface area (Å²) in [6, 6.07) is 3.49. The lowest BCUT2D eigenvalue weighted by atomic mass is 10.2. The minimum atomic E-state index is -0.345. The van der Waals surface area contributed by atoms with Gasteiger partial charge in [-0.15, -0.1) is 11.3 Å². The number of nitrogens with one attached hydrogen (secondary N) is 1. The van der Waals surface area contributed by atoms with Gasteiger partial charge < -0.3 is 10.1 Å². The highest BCUT2D eigenvalue weighted by molar-refractivity contribution is 7.09. The Hall–Kier alpha value is -1.95. The maximum Gasteiger partial charge on any atom is 0.339 e. The van der Waals surface area contributed by atoms with E-state index in [1.54, 1.807) is 30.4 Å². The number of pyridine rings is 1. The molecule has 0 spiro atoms. The van der Waals surface area contributed by atoms with Crippen molar-refractivity contribution in [3.05, 3.63) is 40.5 Å². The summed E-state index contributed by atoms with van der Waals surface area (Å²) in [5.74, 6) is 0.714. The van der Waals surface area contributed by atoms with Gasteiger partial charge in [-0.2, -0.15) is 0 Å². The quantitative estimate of drug-likeness (QED) is 0.829. The summed E-state index contributed by atoms with van der Waals surface area (Å²) in [6.07, 6.45) is 3.33. The molecule has 0 fully saturated rings. The Morgan fingerprint density at radius 3 is 2.90 bits per heavy atom. The molecule has 0 saturated carbocycles. The van der Waals surface area contributed by atoms with Crippen LogP contribution in [0, 0.1) is 0 Å². The molecule has 5 nitrogen and oxygen atoms in total. The third-order valence-corrected chi connectivity index (χ3v) is 3.74. The van der Waals surface area contributed by atoms with Gasteiger partial charge in [0, 0.05) is 30.2 Å². The first-order valence-corrected chi connectivity index (χ1v) is 7.35. The molecule has 0 amide bonds. The Bertz CT molecular complexity index is 540. The fourth-order valence-electron chi connectivity index (χ4n) is 1.66. The first kappa shape index (κ1) is 14.5. The third-order valence-electron chi connectivity index (χ3n) is 2.74. The van der Waals surface area contributed by atoms with Crippen LogP contribution in [0.4, 0.5) is 5.82 Å². The zero-order valence-corrected chi connectivity index (χ0v) is 12.3. The van der Waals surface area contributed by atoms with Gasteiger partial charge in [0.15, 0.2) is 0 Å². The van der Waals surface area contributed by atoms with Crippen LogP contribution in [0.3, 0.4) is 0 Å². The molecule has 2 aromatic heterocycles. The fourth-order valence-corrected chi connectivity index (χ4v) is 2.35. The van der Waals surface area contributed by atoms with E-state index < -0.39 is 0 Å². The second-order valence-electron chi connectivity index (χ2n) is 4.30. The molecular weight excluding hydrogens is 274 g/mol. The minimum Gasteiger partial charge on any atom is -0.462 e. The molecule has 2 heterocycles. The minimum absolute atomic E-state index is 0.321. The van der Waals surface area contributed by atoms with Crippen LogP contribution in [0.15, 0.2) is 29.9 Å². The predicted octanol–water partition coefficient (Wildman–Crippen LogP) is 2.93. The van der Waals surface area contributed by atoms with Crippen molar-refractivity contribution in [2.75, 3.05) is 18.5 Å². The SMILES string of the molecule is CCOC(=O)c1ccc(NCC(C)c2nccs2)nc1. The fraction of sp³-hybridized carbons (Fsp3) is 0.357. The van der Waals surface area contributed by atoms with Gasteiger partial charge in [-0.05, 0) is 19.1 Å². The average Bonchev–Trinajstić information content (AvgIpc) is 3.00. The molecule has 2 rings (SSSR count). The molecule has 1 unspecified atom stereocenters. The van der Waals surface area contributed by atoms with Crippen LogP contribution in [-0.2, 0) is 4.74 Å². The molecule has 0 aromatic carbocycles. The number of rotatable bonds is 6. The van der Waals surface area contributed by atoms with Gasteiger partial charge in [0.25, 0.3) is 0 Å². The van der Waals surface area contributed by atoms with Gasteiger partial charge in [0.05, 0.1) is 17.2 Å². The molecule has 2 aromatic rings. The van der Waals surface area contributed by atoms with E-state index in [1.807, 2.05) is 11.6 Å². The van der Waals surface area contributed by atoms with Crippen LogP contribution in [0.25, 0.3) is 0 Å². The van der Waals surface area contributed by atoms with Crippen molar-refractivity contribution >= 4 is 23.1 Å². The van der Waals surface area contributed by atoms with Crippen LogP contribution in [0.1, 0.15) is 35.1 Å². The maximum absolute atomic E-state index is 11.5. The number of ether oxygens (including phenoxy) is 1. The van der Waals surface area contributed by atoms with E-state index >= 15 is 0 Å². The van der Waals surface area contributed by atoms with Gasteiger partial charge >= 0.3 is 5.97 Å². The molecule has 0 saturated heterocycles. The van der Waals surface area contributed by atoms with E-state index in [-0.39, 0.29) is 5.97 Å². The highest BCUT2D eigenvalue weighted by atomic mass is 32.1. The number of esters is 1. The lowest BCUT2D eigenvalue weighted by Crippen LogP contribution is -2.11. The van der Waals surface area contributed by atoms with Crippen LogP contribution in [-0.4, -0.2) is 29.1 Å². The number of aromatic nitrogens is 2. The van der Waals surface area contributed by atoms with Crippen molar-refractivity contribution in [2.45, 2.75) is 19.8 Å². The topological polar surface area (TPSA) is 64.1 Å². The Morgan fingerprint density at radius 2 is 2.30 bits per heavy atom. The molecule has 0 aliphatic carbocycles. The number of carbonyl (C=O) groups excluding carboxylic acids is 1. The second kappa shape index (κ2) is 7.00. The maximum atomic E-state index is 11.5. The first-order valence-electron chi connectivity index (χ1n) is 6.47. The highest BCUT2D eigenvalue weighted by Crippen LogP contribution is 2.18. The molecule has 106 valence electrons. The largest absolute Gasteiger partial charge is 0.462 e. The Labute approximate surface area is 122 Å². The molecule has 0 aliphatic rings. The molecule has 1 N–H and O–H groups in total. The zero-order valence-electron chi connectivity index (χ0n) is 11.5. The van der Waals surface area contributed by atoms with Gasteiger partial charge in [0.1, 0.15) is 5.82 Å². The van der Waals surface area contributed by atoms with E-state index in [2.05, 4.69) is 22.2 Å². The summed E-state index contributed by atoms with van der Waals surface area (Å²) in [5, 5.41) is 6.30. The Kier molecular flexibility index (Phi) is 5.06. The standard InChI is InChI=1S/C14H17N3O2S/c1-3-19-14(18)11-4-5-12(17-9-11)16-8-10(2)13-15-6-7-20-13/h4-7,9-10H,3,8H2,1-2H3,(H,16,17). The summed E-state index contributed by atoms with van der Waals surface area (Å²) in [5.41, 5.74) is 0.463. The lowest BCUT2D eigenvalue weighted by molar-refractivity contribution is 0.0526. The number of anilines is 1. The van der Waals surface area contributed by atoms with Crippen molar-refractivity contribution in [3.8, 4) is 0 Å². The van der Waals surface area contributed by atoms with Crippen LogP contribution in [0.5, 0.6) is 0 Å². The second-order valence-corrected chi connectivity index (χ2v) is 5.23. The van der Waals surface area contributed by atoms with Crippen molar-refractivity contribution in [2.24, 2.45) is 0 Å². The van der Waals surface area contributed by atoms with E-state index in [9.17, 15) is 4.79 Å². The van der Waals surface area contributed by atoms with Crippen molar-refractivity contribution in [1.82, 2.24) is 9.97 Å². The third kappa shape index (κ3) is 3.77. The highest BCUT2D eigenvalue weighted by Gasteiger charge is 2.09. The monoisotopic (exact) mass is 291 g/mol.